The van der Waals surface area contributed by atoms with Gasteiger partial charge in [0.05, 0.1) is 6.61 Å². The summed E-state index contributed by atoms with van der Waals surface area (Å²) >= 11 is 0. The molecule has 0 saturated heterocycles. The highest BCUT2D eigenvalue weighted by atomic mass is 16.5. The molecule has 0 atom stereocenters. The molecule has 7 nitrogen and oxygen atoms in total. The van der Waals surface area contributed by atoms with Gasteiger partial charge >= 0.3 is 11.7 Å². The number of ether oxygens (including phenoxy) is 1. The lowest BCUT2D eigenvalue weighted by Gasteiger charge is -2.05. The van der Waals surface area contributed by atoms with Gasteiger partial charge in [-0.05, 0) is 26.2 Å². The van der Waals surface area contributed by atoms with E-state index < -0.39 is 17.2 Å². The Morgan fingerprint density at radius 1 is 1.29 bits per heavy atom. The van der Waals surface area contributed by atoms with E-state index in [0.717, 1.165) is 16.8 Å². The number of carbonyl (C=O) groups is 2. The third-order valence-electron chi connectivity index (χ3n) is 2.71. The van der Waals surface area contributed by atoms with E-state index in [-0.39, 0.29) is 18.9 Å². The first-order valence-corrected chi connectivity index (χ1v) is 6.59. The monoisotopic (exact) mass is 294 g/mol. The predicted molar refractivity (Wildman–Crippen MR) is 76.2 cm³/mol. The summed E-state index contributed by atoms with van der Waals surface area (Å²) in [4.78, 5) is 47.1. The van der Waals surface area contributed by atoms with Crippen molar-refractivity contribution < 1.29 is 14.3 Å². The number of rotatable bonds is 7. The molecule has 0 aliphatic rings. The van der Waals surface area contributed by atoms with Crippen LogP contribution >= 0.6 is 0 Å². The van der Waals surface area contributed by atoms with Crippen LogP contribution in [0.15, 0.2) is 34.0 Å². The zero-order valence-electron chi connectivity index (χ0n) is 11.9. The molecule has 7 heteroatoms. The first-order chi connectivity index (χ1) is 9.91. The van der Waals surface area contributed by atoms with Gasteiger partial charge < -0.3 is 4.74 Å². The van der Waals surface area contributed by atoms with E-state index in [9.17, 15) is 19.2 Å². The highest BCUT2D eigenvalue weighted by Crippen LogP contribution is 2.03. The molecule has 1 rings (SSSR count). The summed E-state index contributed by atoms with van der Waals surface area (Å²) in [7, 11) is 0. The van der Waals surface area contributed by atoms with Crippen molar-refractivity contribution in [2.24, 2.45) is 0 Å². The van der Waals surface area contributed by atoms with E-state index in [4.69, 9.17) is 4.74 Å². The topological polar surface area (TPSA) is 98.2 Å². The van der Waals surface area contributed by atoms with E-state index in [1.807, 2.05) is 4.98 Å². The molecular weight excluding hydrogens is 276 g/mol. The molecule has 0 bridgehead atoms. The zero-order chi connectivity index (χ0) is 15.8. The number of nitrogens with one attached hydrogen (secondary N) is 1. The van der Waals surface area contributed by atoms with Crippen LogP contribution in [-0.2, 0) is 9.53 Å². The highest BCUT2D eigenvalue weighted by molar-refractivity contribution is 5.86. The average molecular weight is 294 g/mol. The van der Waals surface area contributed by atoms with Gasteiger partial charge in [-0.2, -0.15) is 0 Å². The maximum absolute atomic E-state index is 11.8. The van der Waals surface area contributed by atoms with Crippen LogP contribution in [-0.4, -0.2) is 28.0 Å². The molecule has 0 aliphatic carbocycles. The minimum absolute atomic E-state index is 0.181. The number of esters is 1. The van der Waals surface area contributed by atoms with Crippen LogP contribution in [0.3, 0.4) is 0 Å². The van der Waals surface area contributed by atoms with E-state index in [0.29, 0.717) is 24.8 Å². The lowest BCUT2D eigenvalue weighted by Crippen LogP contribution is -2.32. The van der Waals surface area contributed by atoms with Crippen LogP contribution in [0.25, 0.3) is 0 Å². The van der Waals surface area contributed by atoms with Crippen molar-refractivity contribution in [3.63, 3.8) is 0 Å². The Hall–Kier alpha value is -2.44. The summed E-state index contributed by atoms with van der Waals surface area (Å²) in [5.74, 6) is -0.805. The van der Waals surface area contributed by atoms with E-state index in [1.165, 1.54) is 0 Å². The van der Waals surface area contributed by atoms with Crippen molar-refractivity contribution in [2.75, 3.05) is 6.61 Å². The molecule has 1 heterocycles. The second-order valence-electron chi connectivity index (χ2n) is 4.60. The van der Waals surface area contributed by atoms with Crippen molar-refractivity contribution >= 4 is 11.9 Å². The van der Waals surface area contributed by atoms with E-state index in [2.05, 4.69) is 6.58 Å². The summed E-state index contributed by atoms with van der Waals surface area (Å²) < 4.78 is 5.79. The number of hydrogen-bond acceptors (Lipinski definition) is 5. The third-order valence-corrected chi connectivity index (χ3v) is 2.71. The van der Waals surface area contributed by atoms with Crippen LogP contribution in [0.4, 0.5) is 0 Å². The highest BCUT2D eigenvalue weighted by Gasteiger charge is 2.07. The van der Waals surface area contributed by atoms with Crippen molar-refractivity contribution in [3.8, 4) is 0 Å². The predicted octanol–water partition coefficient (Wildman–Crippen LogP) is 0.857. The summed E-state index contributed by atoms with van der Waals surface area (Å²) in [6.45, 7) is 5.31. The minimum Gasteiger partial charge on any atom is -0.462 e. The smallest absolute Gasteiger partial charge is 0.335 e. The quantitative estimate of drug-likeness (QED) is 0.457. The van der Waals surface area contributed by atoms with Gasteiger partial charge in [-0.3, -0.25) is 14.6 Å². The van der Waals surface area contributed by atoms with Gasteiger partial charge in [0.2, 0.25) is 5.91 Å². The fourth-order valence-corrected chi connectivity index (χ4v) is 1.58. The van der Waals surface area contributed by atoms with Gasteiger partial charge in [0.15, 0.2) is 0 Å². The third kappa shape index (κ3) is 5.60. The molecule has 0 radical (unpaired) electrons. The molecule has 0 aliphatic heterocycles. The van der Waals surface area contributed by atoms with Crippen LogP contribution in [0.1, 0.15) is 37.4 Å². The SMILES string of the molecule is C=C(C)C(=O)OCCCCCC(=O)n1ccc(=O)[nH]c1=O. The second-order valence-corrected chi connectivity index (χ2v) is 4.60. The summed E-state index contributed by atoms with van der Waals surface area (Å²) in [5.41, 5.74) is -0.922. The van der Waals surface area contributed by atoms with Gasteiger partial charge in [0.25, 0.3) is 5.56 Å². The average Bonchev–Trinajstić information content (AvgIpc) is 2.41. The first kappa shape index (κ1) is 16.6. The number of nitrogens with zero attached hydrogens (tertiary/aromatic N) is 1. The standard InChI is InChI=1S/C14H18N2O5/c1-10(2)13(19)21-9-5-3-4-6-12(18)16-8-7-11(17)15-14(16)20/h7-8H,1,3-6,9H2,2H3,(H,15,17,20). The van der Waals surface area contributed by atoms with Gasteiger partial charge in [-0.15, -0.1) is 0 Å². The summed E-state index contributed by atoms with van der Waals surface area (Å²) in [5, 5.41) is 0. The Balaban J connectivity index is 2.28. The summed E-state index contributed by atoms with van der Waals surface area (Å²) in [6, 6.07) is 1.12. The Morgan fingerprint density at radius 3 is 2.62 bits per heavy atom. The summed E-state index contributed by atoms with van der Waals surface area (Å²) in [6.07, 6.45) is 3.23. The molecule has 0 fully saturated rings. The normalized spacial score (nSPS) is 10.1. The second kappa shape index (κ2) is 7.98. The van der Waals surface area contributed by atoms with Gasteiger partial charge in [-0.1, -0.05) is 6.58 Å². The first-order valence-electron chi connectivity index (χ1n) is 6.59. The number of unbranched alkanes of at least 4 members (excludes halogenated alkanes) is 2. The number of hydrogen-bond donors (Lipinski definition) is 1. The van der Waals surface area contributed by atoms with Crippen LogP contribution in [0, 0.1) is 0 Å². The van der Waals surface area contributed by atoms with Gasteiger partial charge in [-0.25, -0.2) is 14.2 Å². The van der Waals surface area contributed by atoms with E-state index in [1.54, 1.807) is 6.92 Å². The molecule has 0 aromatic carbocycles. The van der Waals surface area contributed by atoms with E-state index >= 15 is 0 Å². The molecule has 21 heavy (non-hydrogen) atoms. The molecule has 1 aromatic heterocycles. The number of H-pyrrole nitrogens is 1. The number of aromatic nitrogens is 2. The van der Waals surface area contributed by atoms with Gasteiger partial charge in [0.1, 0.15) is 0 Å². The molecule has 0 unspecified atom stereocenters. The zero-order valence-corrected chi connectivity index (χ0v) is 11.9. The van der Waals surface area contributed by atoms with Crippen molar-refractivity contribution in [1.82, 2.24) is 9.55 Å². The molecular formula is C14H18N2O5. The van der Waals surface area contributed by atoms with Crippen LogP contribution in [0.2, 0.25) is 0 Å². The Bertz CT molecular complexity index is 641. The molecule has 0 spiro atoms. The fraction of sp³-hybridized carbons (Fsp3) is 0.429. The fourth-order valence-electron chi connectivity index (χ4n) is 1.58. The molecule has 114 valence electrons. The van der Waals surface area contributed by atoms with Crippen LogP contribution in [0.5, 0.6) is 0 Å². The molecule has 1 N–H and O–H groups in total. The van der Waals surface area contributed by atoms with Crippen molar-refractivity contribution in [3.05, 3.63) is 45.3 Å². The lowest BCUT2D eigenvalue weighted by atomic mass is 10.2. The molecule has 1 aromatic rings. The van der Waals surface area contributed by atoms with Crippen molar-refractivity contribution in [2.45, 2.75) is 32.6 Å². The molecule has 0 saturated carbocycles. The Labute approximate surface area is 121 Å². The maximum Gasteiger partial charge on any atom is 0.335 e. The molecule has 0 amide bonds. The minimum atomic E-state index is -0.733. The van der Waals surface area contributed by atoms with Gasteiger partial charge in [0, 0.05) is 24.3 Å². The lowest BCUT2D eigenvalue weighted by molar-refractivity contribution is -0.139. The number of aromatic amines is 1. The van der Waals surface area contributed by atoms with Crippen molar-refractivity contribution in [1.29, 1.82) is 0 Å². The van der Waals surface area contributed by atoms with Crippen LogP contribution < -0.4 is 11.2 Å². The maximum atomic E-state index is 11.8. The largest absolute Gasteiger partial charge is 0.462 e. The Morgan fingerprint density at radius 2 is 2.00 bits per heavy atom. The Kier molecular flexibility index (Phi) is 6.32. The number of carbonyl (C=O) groups excluding carboxylic acids is 2.